The van der Waals surface area contributed by atoms with Gasteiger partial charge in [-0.25, -0.2) is 0 Å². The molecule has 0 N–H and O–H groups in total. The number of ether oxygens (including phenoxy) is 1. The highest BCUT2D eigenvalue weighted by Crippen LogP contribution is 2.31. The number of benzene rings is 1. The monoisotopic (exact) mass is 268 g/mol. The normalized spacial score (nSPS) is 17.1. The van der Waals surface area contributed by atoms with Gasteiger partial charge < -0.3 is 4.74 Å². The van der Waals surface area contributed by atoms with Gasteiger partial charge in [-0.2, -0.15) is 0 Å². The van der Waals surface area contributed by atoms with Gasteiger partial charge in [0, 0.05) is 6.20 Å². The minimum atomic E-state index is 0.254. The van der Waals surface area contributed by atoms with Crippen LogP contribution in [0, 0.1) is 0 Å². The Hall–Kier alpha value is -1.87. The van der Waals surface area contributed by atoms with Gasteiger partial charge in [0.1, 0.15) is 5.75 Å². The fourth-order valence-corrected chi connectivity index (χ4v) is 2.89. The van der Waals surface area contributed by atoms with Gasteiger partial charge in [-0.1, -0.05) is 18.2 Å². The Labute approximate surface area is 120 Å². The quantitative estimate of drug-likeness (QED) is 0.851. The Morgan fingerprint density at radius 2 is 1.80 bits per heavy atom. The Kier molecular flexibility index (Phi) is 3.97. The van der Waals surface area contributed by atoms with E-state index in [1.165, 1.54) is 18.4 Å². The lowest BCUT2D eigenvalue weighted by molar-refractivity contribution is 0.276. The van der Waals surface area contributed by atoms with E-state index in [2.05, 4.69) is 34.1 Å². The van der Waals surface area contributed by atoms with Crippen LogP contribution in [0.1, 0.15) is 30.1 Å². The fourth-order valence-electron chi connectivity index (χ4n) is 2.89. The zero-order valence-electron chi connectivity index (χ0n) is 11.8. The maximum absolute atomic E-state index is 5.25. The van der Waals surface area contributed by atoms with Crippen molar-refractivity contribution >= 4 is 0 Å². The molecule has 0 bridgehead atoms. The Bertz CT molecular complexity index is 533. The molecule has 0 radical (unpaired) electrons. The fraction of sp³-hybridized carbons (Fsp3) is 0.353. The van der Waals surface area contributed by atoms with Crippen molar-refractivity contribution < 1.29 is 4.74 Å². The summed E-state index contributed by atoms with van der Waals surface area (Å²) in [6.07, 6.45) is 4.43. The van der Waals surface area contributed by atoms with Crippen LogP contribution in [0.3, 0.4) is 0 Å². The van der Waals surface area contributed by atoms with Gasteiger partial charge in [0.2, 0.25) is 0 Å². The lowest BCUT2D eigenvalue weighted by Gasteiger charge is -2.27. The number of pyridine rings is 1. The van der Waals surface area contributed by atoms with E-state index in [4.69, 9.17) is 4.74 Å². The maximum atomic E-state index is 5.25. The van der Waals surface area contributed by atoms with Gasteiger partial charge in [-0.3, -0.25) is 9.88 Å². The second kappa shape index (κ2) is 6.06. The predicted molar refractivity (Wildman–Crippen MR) is 79.9 cm³/mol. The zero-order valence-corrected chi connectivity index (χ0v) is 11.8. The van der Waals surface area contributed by atoms with Gasteiger partial charge in [-0.05, 0) is 55.8 Å². The van der Waals surface area contributed by atoms with Gasteiger partial charge in [0.15, 0.2) is 0 Å². The molecule has 1 saturated heterocycles. The van der Waals surface area contributed by atoms with Crippen molar-refractivity contribution in [2.45, 2.75) is 18.9 Å². The van der Waals surface area contributed by atoms with Crippen molar-refractivity contribution in [3.63, 3.8) is 0 Å². The van der Waals surface area contributed by atoms with Crippen LogP contribution >= 0.6 is 0 Å². The molecule has 20 heavy (non-hydrogen) atoms. The van der Waals surface area contributed by atoms with Gasteiger partial charge in [0.25, 0.3) is 0 Å². The predicted octanol–water partition coefficient (Wildman–Crippen LogP) is 3.28. The van der Waals surface area contributed by atoms with Crippen LogP contribution in [0.15, 0.2) is 48.7 Å². The third-order valence-electron chi connectivity index (χ3n) is 3.91. The van der Waals surface area contributed by atoms with E-state index in [0.717, 1.165) is 24.5 Å². The van der Waals surface area contributed by atoms with Crippen molar-refractivity contribution in [2.75, 3.05) is 20.2 Å². The van der Waals surface area contributed by atoms with E-state index >= 15 is 0 Å². The SMILES string of the molecule is COc1ccc(C(c2ccccn2)N2CCCC2)cc1. The van der Waals surface area contributed by atoms with Crippen LogP contribution in [0.4, 0.5) is 0 Å². The summed E-state index contributed by atoms with van der Waals surface area (Å²) in [6.45, 7) is 2.29. The summed E-state index contributed by atoms with van der Waals surface area (Å²) in [5.74, 6) is 0.898. The number of nitrogens with zero attached hydrogens (tertiary/aromatic N) is 2. The smallest absolute Gasteiger partial charge is 0.118 e. The van der Waals surface area contributed by atoms with Crippen molar-refractivity contribution in [3.8, 4) is 5.75 Å². The lowest BCUT2D eigenvalue weighted by atomic mass is 10.0. The molecule has 1 atom stereocenters. The van der Waals surface area contributed by atoms with Crippen molar-refractivity contribution in [3.05, 3.63) is 59.9 Å². The van der Waals surface area contributed by atoms with E-state index in [1.54, 1.807) is 7.11 Å². The van der Waals surface area contributed by atoms with E-state index < -0.39 is 0 Å². The number of aromatic nitrogens is 1. The summed E-state index contributed by atoms with van der Waals surface area (Å²) in [6, 6.07) is 14.8. The van der Waals surface area contributed by atoms with E-state index in [9.17, 15) is 0 Å². The van der Waals surface area contributed by atoms with E-state index in [-0.39, 0.29) is 6.04 Å². The molecular formula is C17H20N2O. The van der Waals surface area contributed by atoms with Crippen LogP contribution < -0.4 is 4.74 Å². The molecule has 1 aromatic heterocycles. The van der Waals surface area contributed by atoms with Crippen molar-refractivity contribution in [2.24, 2.45) is 0 Å². The topological polar surface area (TPSA) is 25.4 Å². The highest BCUT2D eigenvalue weighted by molar-refractivity contribution is 5.33. The molecule has 0 saturated carbocycles. The minimum Gasteiger partial charge on any atom is -0.497 e. The average molecular weight is 268 g/mol. The first-order chi connectivity index (χ1) is 9.88. The minimum absolute atomic E-state index is 0.254. The second-order valence-corrected chi connectivity index (χ2v) is 5.17. The van der Waals surface area contributed by atoms with Crippen LogP contribution in [0.2, 0.25) is 0 Å². The third-order valence-corrected chi connectivity index (χ3v) is 3.91. The van der Waals surface area contributed by atoms with Crippen LogP contribution in [0.25, 0.3) is 0 Å². The van der Waals surface area contributed by atoms with Crippen molar-refractivity contribution in [1.29, 1.82) is 0 Å². The number of hydrogen-bond acceptors (Lipinski definition) is 3. The Balaban J connectivity index is 1.95. The first kappa shape index (κ1) is 13.1. The Morgan fingerprint density at radius 3 is 2.40 bits per heavy atom. The molecule has 1 aromatic carbocycles. The van der Waals surface area contributed by atoms with Crippen LogP contribution in [-0.4, -0.2) is 30.1 Å². The summed E-state index contributed by atoms with van der Waals surface area (Å²) >= 11 is 0. The number of hydrogen-bond donors (Lipinski definition) is 0. The number of methoxy groups -OCH3 is 1. The second-order valence-electron chi connectivity index (χ2n) is 5.17. The third kappa shape index (κ3) is 2.68. The summed E-state index contributed by atoms with van der Waals surface area (Å²) in [7, 11) is 1.70. The molecule has 0 aliphatic carbocycles. The molecule has 3 rings (SSSR count). The van der Waals surface area contributed by atoms with Gasteiger partial charge in [0.05, 0.1) is 18.8 Å². The van der Waals surface area contributed by atoms with Crippen LogP contribution in [-0.2, 0) is 0 Å². The molecule has 1 aliphatic rings. The maximum Gasteiger partial charge on any atom is 0.118 e. The zero-order chi connectivity index (χ0) is 13.8. The molecular weight excluding hydrogens is 248 g/mol. The summed E-state index contributed by atoms with van der Waals surface area (Å²) in [4.78, 5) is 7.09. The molecule has 0 spiro atoms. The summed E-state index contributed by atoms with van der Waals surface area (Å²) < 4.78 is 5.25. The molecule has 104 valence electrons. The van der Waals surface area contributed by atoms with Crippen molar-refractivity contribution in [1.82, 2.24) is 9.88 Å². The van der Waals surface area contributed by atoms with Gasteiger partial charge in [-0.15, -0.1) is 0 Å². The van der Waals surface area contributed by atoms with Crippen LogP contribution in [0.5, 0.6) is 5.75 Å². The first-order valence-electron chi connectivity index (χ1n) is 7.17. The molecule has 2 aromatic rings. The number of rotatable bonds is 4. The summed E-state index contributed by atoms with van der Waals surface area (Å²) in [5, 5.41) is 0. The lowest BCUT2D eigenvalue weighted by Crippen LogP contribution is -2.27. The average Bonchev–Trinajstić information content (AvgIpc) is 3.03. The molecule has 1 fully saturated rings. The summed E-state index contributed by atoms with van der Waals surface area (Å²) in [5.41, 5.74) is 2.41. The van der Waals surface area contributed by atoms with Gasteiger partial charge >= 0.3 is 0 Å². The molecule has 1 unspecified atom stereocenters. The molecule has 3 nitrogen and oxygen atoms in total. The molecule has 1 aliphatic heterocycles. The Morgan fingerprint density at radius 1 is 1.05 bits per heavy atom. The van der Waals surface area contributed by atoms with E-state index in [1.807, 2.05) is 24.4 Å². The molecule has 3 heteroatoms. The highest BCUT2D eigenvalue weighted by Gasteiger charge is 2.25. The largest absolute Gasteiger partial charge is 0.497 e. The first-order valence-corrected chi connectivity index (χ1v) is 7.17. The highest BCUT2D eigenvalue weighted by atomic mass is 16.5. The standard InChI is InChI=1S/C17H20N2O/c1-20-15-9-7-14(8-10-15)17(19-12-4-5-13-19)16-6-2-3-11-18-16/h2-3,6-11,17H,4-5,12-13H2,1H3. The molecule has 0 amide bonds. The number of likely N-dealkylation sites (tertiary alicyclic amines) is 1. The van der Waals surface area contributed by atoms with E-state index in [0.29, 0.717) is 0 Å². The molecule has 2 heterocycles.